The van der Waals surface area contributed by atoms with Crippen LogP contribution in [0.2, 0.25) is 0 Å². The topological polar surface area (TPSA) is 129 Å². The van der Waals surface area contributed by atoms with Crippen molar-refractivity contribution in [1.29, 1.82) is 0 Å². The molecule has 1 amide bonds. The number of anilines is 3. The van der Waals surface area contributed by atoms with E-state index in [1.807, 2.05) is 32.0 Å². The number of amides is 1. The van der Waals surface area contributed by atoms with Gasteiger partial charge in [0.1, 0.15) is 11.6 Å². The average molecular weight is 554 g/mol. The molecule has 4 aromatic carbocycles. The number of carboxylic acids is 1. The van der Waals surface area contributed by atoms with Crippen LogP contribution in [-0.2, 0) is 9.53 Å². The number of aryl methyl sites for hydroxylation is 2. The average Bonchev–Trinajstić information content (AvgIpc) is 3.21. The number of hydrazone groups is 1. The molecule has 41 heavy (non-hydrogen) atoms. The van der Waals surface area contributed by atoms with Gasteiger partial charge >= 0.3 is 11.9 Å². The molecule has 0 saturated heterocycles. The third-order valence-corrected chi connectivity index (χ3v) is 6.62. The lowest BCUT2D eigenvalue weighted by Crippen LogP contribution is -2.26. The van der Waals surface area contributed by atoms with Gasteiger partial charge in [0.25, 0.3) is 5.91 Å². The molecule has 0 radical (unpaired) electrons. The molecule has 0 fully saturated rings. The summed E-state index contributed by atoms with van der Waals surface area (Å²) in [7, 11) is 1.27. The highest BCUT2D eigenvalue weighted by Gasteiger charge is 2.36. The number of carbonyl (C=O) groups excluding carboxylic acids is 2. The molecule has 1 aliphatic heterocycles. The van der Waals surface area contributed by atoms with E-state index in [9.17, 15) is 29.0 Å². The molecule has 5 rings (SSSR count). The van der Waals surface area contributed by atoms with Crippen LogP contribution < -0.4 is 10.3 Å². The van der Waals surface area contributed by atoms with E-state index in [1.165, 1.54) is 30.2 Å². The summed E-state index contributed by atoms with van der Waals surface area (Å²) < 4.78 is 18.8. The maximum Gasteiger partial charge on any atom is 0.338 e. The van der Waals surface area contributed by atoms with Crippen LogP contribution in [-0.4, -0.2) is 40.9 Å². The summed E-state index contributed by atoms with van der Waals surface area (Å²) in [6, 6.07) is 18.5. The SMILES string of the molecule is COC(=O)c1ccc2c(c1)N(c1cc(C)cc(C)c1)C(=O)/C2=N/Nc1cccc(-c2ccc(F)c(C(=O)O)c2)c1O. The molecule has 0 bridgehead atoms. The lowest BCUT2D eigenvalue weighted by atomic mass is 10.0. The van der Waals surface area contributed by atoms with Crippen molar-refractivity contribution in [2.45, 2.75) is 13.8 Å². The molecule has 0 unspecified atom stereocenters. The minimum absolute atomic E-state index is 0.0373. The number of aromatic hydroxyl groups is 1. The number of aromatic carboxylic acids is 1. The number of hydrogen-bond acceptors (Lipinski definition) is 7. The molecule has 3 N–H and O–H groups in total. The first-order valence-electron chi connectivity index (χ1n) is 12.4. The highest BCUT2D eigenvalue weighted by molar-refractivity contribution is 6.55. The van der Waals surface area contributed by atoms with Crippen molar-refractivity contribution in [3.63, 3.8) is 0 Å². The Morgan fingerprint density at radius 3 is 2.37 bits per heavy atom. The van der Waals surface area contributed by atoms with E-state index in [2.05, 4.69) is 10.5 Å². The number of halogens is 1. The van der Waals surface area contributed by atoms with Crippen LogP contribution in [0.4, 0.5) is 21.5 Å². The summed E-state index contributed by atoms with van der Waals surface area (Å²) in [4.78, 5) is 38.9. The third-order valence-electron chi connectivity index (χ3n) is 6.62. The molecule has 1 heterocycles. The first-order chi connectivity index (χ1) is 19.6. The van der Waals surface area contributed by atoms with Gasteiger partial charge < -0.3 is 14.9 Å². The van der Waals surface area contributed by atoms with Crippen molar-refractivity contribution in [1.82, 2.24) is 0 Å². The number of para-hydroxylation sites is 1. The number of rotatable bonds is 6. The Bertz CT molecular complexity index is 1760. The third kappa shape index (κ3) is 4.98. The molecule has 0 atom stereocenters. The minimum Gasteiger partial charge on any atom is -0.505 e. The van der Waals surface area contributed by atoms with E-state index in [4.69, 9.17) is 4.74 Å². The Hall–Kier alpha value is -5.51. The summed E-state index contributed by atoms with van der Waals surface area (Å²) in [5.74, 6) is -3.63. The smallest absolute Gasteiger partial charge is 0.338 e. The summed E-state index contributed by atoms with van der Waals surface area (Å²) in [5, 5.41) is 24.6. The monoisotopic (exact) mass is 553 g/mol. The largest absolute Gasteiger partial charge is 0.505 e. The van der Waals surface area contributed by atoms with E-state index >= 15 is 0 Å². The number of nitrogens with zero attached hydrogens (tertiary/aromatic N) is 2. The van der Waals surface area contributed by atoms with Crippen LogP contribution in [0.1, 0.15) is 37.4 Å². The Balaban J connectivity index is 1.57. The maximum absolute atomic E-state index is 13.9. The van der Waals surface area contributed by atoms with Crippen LogP contribution in [0.25, 0.3) is 11.1 Å². The van der Waals surface area contributed by atoms with Crippen molar-refractivity contribution in [2.24, 2.45) is 5.10 Å². The van der Waals surface area contributed by atoms with Gasteiger partial charge in [0.15, 0.2) is 5.71 Å². The van der Waals surface area contributed by atoms with Crippen LogP contribution in [0, 0.1) is 19.7 Å². The number of hydrogen-bond donors (Lipinski definition) is 3. The lowest BCUT2D eigenvalue weighted by molar-refractivity contribution is -0.111. The van der Waals surface area contributed by atoms with Gasteiger partial charge in [-0.15, -0.1) is 0 Å². The number of carbonyl (C=O) groups is 3. The van der Waals surface area contributed by atoms with Crippen molar-refractivity contribution < 1.29 is 33.7 Å². The lowest BCUT2D eigenvalue weighted by Gasteiger charge is -2.19. The number of phenols is 1. The molecule has 0 aromatic heterocycles. The van der Waals surface area contributed by atoms with Crippen molar-refractivity contribution in [2.75, 3.05) is 17.4 Å². The van der Waals surface area contributed by atoms with Crippen molar-refractivity contribution in [3.05, 3.63) is 106 Å². The van der Waals surface area contributed by atoms with Gasteiger partial charge in [-0.3, -0.25) is 15.1 Å². The second kappa shape index (κ2) is 10.6. The van der Waals surface area contributed by atoms with E-state index in [0.717, 1.165) is 23.3 Å². The number of ether oxygens (including phenoxy) is 1. The zero-order chi connectivity index (χ0) is 29.4. The molecule has 4 aromatic rings. The van der Waals surface area contributed by atoms with Crippen LogP contribution in [0.5, 0.6) is 5.75 Å². The van der Waals surface area contributed by atoms with Gasteiger partial charge in [-0.2, -0.15) is 5.10 Å². The van der Waals surface area contributed by atoms with E-state index in [0.29, 0.717) is 16.9 Å². The van der Waals surface area contributed by atoms with Gasteiger partial charge in [0.2, 0.25) is 0 Å². The Labute approximate surface area is 234 Å². The maximum atomic E-state index is 13.9. The van der Waals surface area contributed by atoms with Crippen LogP contribution in [0.15, 0.2) is 77.9 Å². The fourth-order valence-electron chi connectivity index (χ4n) is 4.78. The van der Waals surface area contributed by atoms with E-state index < -0.39 is 29.2 Å². The van der Waals surface area contributed by atoms with Crippen molar-refractivity contribution >= 4 is 40.6 Å². The molecule has 1 aliphatic rings. The quantitative estimate of drug-likeness (QED) is 0.157. The normalized spacial score (nSPS) is 13.3. The summed E-state index contributed by atoms with van der Waals surface area (Å²) in [6.07, 6.45) is 0. The Kier molecular flexibility index (Phi) is 6.98. The van der Waals surface area contributed by atoms with Crippen molar-refractivity contribution in [3.8, 4) is 16.9 Å². The molecule has 0 saturated carbocycles. The highest BCUT2D eigenvalue weighted by atomic mass is 19.1. The Morgan fingerprint density at radius 2 is 1.68 bits per heavy atom. The number of carboxylic acid groups (broad SMARTS) is 1. The van der Waals surface area contributed by atoms with Crippen LogP contribution >= 0.6 is 0 Å². The van der Waals surface area contributed by atoms with E-state index in [-0.39, 0.29) is 33.8 Å². The number of esters is 1. The minimum atomic E-state index is -1.44. The molecular formula is C31H24FN3O6. The Morgan fingerprint density at radius 1 is 0.951 bits per heavy atom. The first-order valence-corrected chi connectivity index (χ1v) is 12.4. The molecule has 10 heteroatoms. The zero-order valence-electron chi connectivity index (χ0n) is 22.2. The molecule has 206 valence electrons. The van der Waals surface area contributed by atoms with Gasteiger partial charge in [-0.1, -0.05) is 24.3 Å². The second-order valence-electron chi connectivity index (χ2n) is 9.48. The molecule has 0 aliphatic carbocycles. The number of benzene rings is 4. The number of nitrogens with one attached hydrogen (secondary N) is 1. The van der Waals surface area contributed by atoms with E-state index in [1.54, 1.807) is 24.3 Å². The fourth-order valence-corrected chi connectivity index (χ4v) is 4.78. The number of methoxy groups -OCH3 is 1. The summed E-state index contributed by atoms with van der Waals surface area (Å²) in [6.45, 7) is 3.82. The van der Waals surface area contributed by atoms with Gasteiger partial charge in [-0.05, 0) is 79.1 Å². The molecular weight excluding hydrogens is 529 g/mol. The number of phenolic OH excluding ortho intramolecular Hbond substituents is 1. The zero-order valence-corrected chi connectivity index (χ0v) is 22.2. The van der Waals surface area contributed by atoms with Crippen LogP contribution in [0.3, 0.4) is 0 Å². The predicted molar refractivity (Wildman–Crippen MR) is 151 cm³/mol. The standard InChI is InChI=1S/C31H24FN3O6/c1-16-11-17(2)13-20(12-16)35-26-15-19(31(40)41-3)7-9-22(26)27(29(35)37)34-33-25-6-4-5-21(28(25)36)18-8-10-24(32)23(14-18)30(38)39/h4-15,33,36H,1-3H3,(H,38,39)/b34-27+. The van der Waals surface area contributed by atoms with Gasteiger partial charge in [0, 0.05) is 16.8 Å². The first kappa shape index (κ1) is 27.1. The summed E-state index contributed by atoms with van der Waals surface area (Å²) >= 11 is 0. The second-order valence-corrected chi connectivity index (χ2v) is 9.48. The van der Waals surface area contributed by atoms with Gasteiger partial charge in [0.05, 0.1) is 29.6 Å². The fraction of sp³-hybridized carbons (Fsp3) is 0.0968. The molecule has 0 spiro atoms. The summed E-state index contributed by atoms with van der Waals surface area (Å²) in [5.41, 5.74) is 6.50. The molecule has 9 nitrogen and oxygen atoms in total. The number of fused-ring (bicyclic) bond motifs is 1. The predicted octanol–water partition coefficient (Wildman–Crippen LogP) is 5.79. The van der Waals surface area contributed by atoms with Gasteiger partial charge in [-0.25, -0.2) is 14.0 Å². The highest BCUT2D eigenvalue weighted by Crippen LogP contribution is 2.39.